The Kier molecular flexibility index (Phi) is 8.89. The molecule has 4 rings (SSSR count). The summed E-state index contributed by atoms with van der Waals surface area (Å²) in [6, 6.07) is 12.7. The lowest BCUT2D eigenvalue weighted by Gasteiger charge is -2.32. The van der Waals surface area contributed by atoms with Crippen molar-refractivity contribution in [3.63, 3.8) is 0 Å². The largest absolute Gasteiger partial charge is 0.496 e. The summed E-state index contributed by atoms with van der Waals surface area (Å²) in [4.78, 5) is 14.8. The summed E-state index contributed by atoms with van der Waals surface area (Å²) in [5.74, 6) is 0.271. The number of halogens is 2. The van der Waals surface area contributed by atoms with Gasteiger partial charge in [-0.05, 0) is 54.2 Å². The first-order chi connectivity index (χ1) is 17.7. The summed E-state index contributed by atoms with van der Waals surface area (Å²) in [6.45, 7) is 1.61. The van der Waals surface area contributed by atoms with E-state index in [1.54, 1.807) is 13.2 Å². The number of nitrogens with zero attached hydrogens (tertiary/aromatic N) is 2. The van der Waals surface area contributed by atoms with Crippen LogP contribution in [0.15, 0.2) is 53.4 Å². The Morgan fingerprint density at radius 3 is 2.54 bits per heavy atom. The molecule has 10 heteroatoms. The average molecular weight is 549 g/mol. The van der Waals surface area contributed by atoms with Gasteiger partial charge in [0, 0.05) is 48.5 Å². The van der Waals surface area contributed by atoms with Gasteiger partial charge in [0.2, 0.25) is 0 Å². The van der Waals surface area contributed by atoms with E-state index in [9.17, 15) is 24.5 Å². The molecule has 0 amide bonds. The minimum Gasteiger partial charge on any atom is -0.496 e. The standard InChI is InChI=1S/C27H30ClFN2O5S/c1-36-23-12-18(4-7-24(23)37-11-10-31-25(32)8-9-26(31)33)16-30(15-17-2-3-17)22(14-27(34)35)19-5-6-20(28)21(29)13-19/h4-9,12-13,17,22,32-33H,2-3,10-11,14-16H2,1H3,(H,34,35). The fourth-order valence-corrected chi connectivity index (χ4v) is 5.42. The van der Waals surface area contributed by atoms with E-state index in [0.717, 1.165) is 23.3 Å². The van der Waals surface area contributed by atoms with Gasteiger partial charge in [0.25, 0.3) is 0 Å². The Morgan fingerprint density at radius 2 is 1.92 bits per heavy atom. The second-order valence-electron chi connectivity index (χ2n) is 9.20. The summed E-state index contributed by atoms with van der Waals surface area (Å²) < 4.78 is 21.3. The molecule has 1 fully saturated rings. The van der Waals surface area contributed by atoms with E-state index in [1.165, 1.54) is 40.6 Å². The highest BCUT2D eigenvalue weighted by Gasteiger charge is 2.31. The number of aromatic hydroxyl groups is 2. The van der Waals surface area contributed by atoms with Crippen LogP contribution in [0.3, 0.4) is 0 Å². The molecule has 1 unspecified atom stereocenters. The minimum atomic E-state index is -0.953. The number of benzene rings is 2. The third-order valence-corrected chi connectivity index (χ3v) is 7.79. The Balaban J connectivity index is 1.52. The van der Waals surface area contributed by atoms with Crippen LogP contribution in [0, 0.1) is 11.7 Å². The molecule has 2 aromatic carbocycles. The van der Waals surface area contributed by atoms with E-state index < -0.39 is 17.8 Å². The number of rotatable bonds is 13. The number of hydrogen-bond acceptors (Lipinski definition) is 6. The van der Waals surface area contributed by atoms with Crippen LogP contribution >= 0.6 is 23.4 Å². The van der Waals surface area contributed by atoms with E-state index in [2.05, 4.69) is 4.90 Å². The Labute approximate surface area is 224 Å². The minimum absolute atomic E-state index is 0.00611. The van der Waals surface area contributed by atoms with E-state index in [0.29, 0.717) is 42.6 Å². The van der Waals surface area contributed by atoms with Crippen molar-refractivity contribution in [2.24, 2.45) is 5.92 Å². The first kappa shape index (κ1) is 27.2. The maximum atomic E-state index is 14.3. The monoisotopic (exact) mass is 548 g/mol. The first-order valence-corrected chi connectivity index (χ1v) is 13.4. The molecule has 7 nitrogen and oxygen atoms in total. The number of carbonyl (C=O) groups is 1. The van der Waals surface area contributed by atoms with Crippen LogP contribution in [0.2, 0.25) is 5.02 Å². The van der Waals surface area contributed by atoms with Crippen LogP contribution in [-0.2, 0) is 17.9 Å². The molecule has 198 valence electrons. The smallest absolute Gasteiger partial charge is 0.305 e. The highest BCUT2D eigenvalue weighted by atomic mass is 35.5. The molecule has 0 radical (unpaired) electrons. The summed E-state index contributed by atoms with van der Waals surface area (Å²) in [5.41, 5.74) is 1.54. The number of carboxylic acids is 1. The zero-order valence-corrected chi connectivity index (χ0v) is 22.0. The number of ether oxygens (including phenoxy) is 1. The van der Waals surface area contributed by atoms with Gasteiger partial charge in [-0.3, -0.25) is 14.3 Å². The number of hydrogen-bond donors (Lipinski definition) is 3. The van der Waals surface area contributed by atoms with Crippen molar-refractivity contribution in [2.75, 3.05) is 19.4 Å². The normalized spacial score (nSPS) is 14.2. The van der Waals surface area contributed by atoms with Gasteiger partial charge in [-0.1, -0.05) is 23.7 Å². The molecule has 0 bridgehead atoms. The van der Waals surface area contributed by atoms with Crippen molar-refractivity contribution in [1.82, 2.24) is 9.47 Å². The van der Waals surface area contributed by atoms with Crippen LogP contribution in [0.1, 0.15) is 36.4 Å². The maximum Gasteiger partial charge on any atom is 0.305 e. The maximum absolute atomic E-state index is 14.3. The molecule has 3 N–H and O–H groups in total. The van der Waals surface area contributed by atoms with Gasteiger partial charge in [-0.2, -0.15) is 0 Å². The summed E-state index contributed by atoms with van der Waals surface area (Å²) in [6.07, 6.45) is 2.03. The van der Waals surface area contributed by atoms with Gasteiger partial charge in [-0.25, -0.2) is 4.39 Å². The van der Waals surface area contributed by atoms with Crippen molar-refractivity contribution in [2.45, 2.75) is 43.3 Å². The number of aromatic nitrogens is 1. The molecule has 1 aliphatic rings. The summed E-state index contributed by atoms with van der Waals surface area (Å²) in [5, 5.41) is 29.3. The molecule has 1 aromatic heterocycles. The zero-order chi connectivity index (χ0) is 26.5. The second kappa shape index (κ2) is 12.1. The van der Waals surface area contributed by atoms with Crippen LogP contribution in [0.25, 0.3) is 0 Å². The van der Waals surface area contributed by atoms with Crippen molar-refractivity contribution in [3.8, 4) is 17.5 Å². The highest BCUT2D eigenvalue weighted by molar-refractivity contribution is 7.99. The van der Waals surface area contributed by atoms with E-state index in [-0.39, 0.29) is 23.2 Å². The van der Waals surface area contributed by atoms with Crippen LogP contribution in [-0.4, -0.2) is 50.2 Å². The number of thioether (sulfide) groups is 1. The van der Waals surface area contributed by atoms with Crippen LogP contribution in [0.5, 0.6) is 17.5 Å². The quantitative estimate of drug-likeness (QED) is 0.228. The van der Waals surface area contributed by atoms with Crippen molar-refractivity contribution in [1.29, 1.82) is 0 Å². The lowest BCUT2D eigenvalue weighted by Crippen LogP contribution is -2.32. The predicted molar refractivity (Wildman–Crippen MR) is 141 cm³/mol. The predicted octanol–water partition coefficient (Wildman–Crippen LogP) is 5.92. The molecule has 0 spiro atoms. The number of aliphatic carboxylic acids is 1. The third-order valence-electron chi connectivity index (χ3n) is 6.45. The van der Waals surface area contributed by atoms with Crippen molar-refractivity contribution >= 4 is 29.3 Å². The lowest BCUT2D eigenvalue weighted by molar-refractivity contribution is -0.138. The molecule has 3 aromatic rings. The van der Waals surface area contributed by atoms with Crippen LogP contribution < -0.4 is 4.74 Å². The molecule has 1 atom stereocenters. The lowest BCUT2D eigenvalue weighted by atomic mass is 10.00. The molecule has 1 heterocycles. The highest BCUT2D eigenvalue weighted by Crippen LogP contribution is 2.37. The number of methoxy groups -OCH3 is 1. The van der Waals surface area contributed by atoms with E-state index in [1.807, 2.05) is 18.2 Å². The Hall–Kier alpha value is -2.88. The topological polar surface area (TPSA) is 95.2 Å². The summed E-state index contributed by atoms with van der Waals surface area (Å²) in [7, 11) is 1.60. The number of carboxylic acid groups (broad SMARTS) is 1. The third kappa shape index (κ3) is 7.12. The van der Waals surface area contributed by atoms with Crippen molar-refractivity contribution < 1.29 is 29.2 Å². The van der Waals surface area contributed by atoms with E-state index >= 15 is 0 Å². The van der Waals surface area contributed by atoms with Gasteiger partial charge < -0.3 is 20.1 Å². The van der Waals surface area contributed by atoms with Gasteiger partial charge in [-0.15, -0.1) is 11.8 Å². The molecule has 1 saturated carbocycles. The molecular weight excluding hydrogens is 519 g/mol. The molecule has 0 saturated heterocycles. The van der Waals surface area contributed by atoms with Crippen LogP contribution in [0.4, 0.5) is 4.39 Å². The van der Waals surface area contributed by atoms with Gasteiger partial charge in [0.1, 0.15) is 11.6 Å². The fourth-order valence-electron chi connectivity index (χ4n) is 4.36. The zero-order valence-electron chi connectivity index (χ0n) is 20.4. The average Bonchev–Trinajstić information content (AvgIpc) is 3.63. The molecule has 1 aliphatic carbocycles. The Morgan fingerprint density at radius 1 is 1.19 bits per heavy atom. The SMILES string of the molecule is COc1cc(CN(CC2CC2)C(CC(=O)O)c2ccc(Cl)c(F)c2)ccc1SCCn1c(O)ccc1O. The van der Waals surface area contributed by atoms with E-state index in [4.69, 9.17) is 16.3 Å². The molecule has 0 aliphatic heterocycles. The fraction of sp³-hybridized carbons (Fsp3) is 0.370. The van der Waals surface area contributed by atoms with Gasteiger partial charge in [0.15, 0.2) is 11.8 Å². The first-order valence-electron chi connectivity index (χ1n) is 12.0. The van der Waals surface area contributed by atoms with Crippen molar-refractivity contribution in [3.05, 3.63) is 70.5 Å². The molecule has 37 heavy (non-hydrogen) atoms. The molecular formula is C27H30ClFN2O5S. The summed E-state index contributed by atoms with van der Waals surface area (Å²) >= 11 is 7.41. The Bertz CT molecular complexity index is 1230. The second-order valence-corrected chi connectivity index (χ2v) is 10.7. The van der Waals surface area contributed by atoms with Gasteiger partial charge in [0.05, 0.1) is 18.6 Å². The van der Waals surface area contributed by atoms with Gasteiger partial charge >= 0.3 is 5.97 Å².